The summed E-state index contributed by atoms with van der Waals surface area (Å²) in [6.07, 6.45) is 5.75. The molecule has 0 aromatic heterocycles. The summed E-state index contributed by atoms with van der Waals surface area (Å²) in [5.41, 5.74) is 0.101. The molecule has 0 amide bonds. The molecule has 0 aromatic rings. The van der Waals surface area contributed by atoms with Gasteiger partial charge < -0.3 is 14.6 Å². The van der Waals surface area contributed by atoms with Crippen molar-refractivity contribution in [1.82, 2.24) is 0 Å². The van der Waals surface area contributed by atoms with E-state index in [0.29, 0.717) is 0 Å². The van der Waals surface area contributed by atoms with Crippen LogP contribution in [0, 0.1) is 5.41 Å². The van der Waals surface area contributed by atoms with Crippen LogP contribution in [0.15, 0.2) is 23.8 Å². The molecule has 1 aliphatic carbocycles. The molecule has 3 aliphatic rings. The minimum atomic E-state index is -0.943. The lowest BCUT2D eigenvalue weighted by Gasteiger charge is -2.32. The number of ether oxygens (including phenoxy) is 2. The van der Waals surface area contributed by atoms with E-state index in [9.17, 15) is 14.7 Å². The summed E-state index contributed by atoms with van der Waals surface area (Å²) < 4.78 is 11.0. The number of epoxide rings is 1. The highest BCUT2D eigenvalue weighted by atomic mass is 16.6. The number of aliphatic hydroxyl groups excluding tert-OH is 1. The summed E-state index contributed by atoms with van der Waals surface area (Å²) in [6.45, 7) is 6.12. The first kappa shape index (κ1) is 16.4. The summed E-state index contributed by atoms with van der Waals surface area (Å²) in [4.78, 5) is 24.2. The lowest BCUT2D eigenvalue weighted by molar-refractivity contribution is -0.140. The third kappa shape index (κ3) is 3.12. The summed E-state index contributed by atoms with van der Waals surface area (Å²) in [5.74, 6) is -0.504. The molecule has 0 radical (unpaired) electrons. The van der Waals surface area contributed by atoms with Gasteiger partial charge in [0.15, 0.2) is 5.78 Å². The quantitative estimate of drug-likeness (QED) is 0.487. The average Bonchev–Trinajstić information content (AvgIpc) is 2.95. The Hall–Kier alpha value is -1.46. The molecule has 2 unspecified atom stereocenters. The van der Waals surface area contributed by atoms with Gasteiger partial charge in [0.1, 0.15) is 6.10 Å². The number of carbonyl (C=O) groups excluding carboxylic acids is 2. The van der Waals surface area contributed by atoms with E-state index in [4.69, 9.17) is 9.47 Å². The number of hydrogen-bond donors (Lipinski definition) is 1. The Labute approximate surface area is 136 Å². The van der Waals surface area contributed by atoms with E-state index in [-0.39, 0.29) is 36.3 Å². The molecule has 2 fully saturated rings. The smallest absolute Gasteiger partial charge is 0.307 e. The van der Waals surface area contributed by atoms with Gasteiger partial charge in [-0.15, -0.1) is 0 Å². The van der Waals surface area contributed by atoms with E-state index in [0.717, 1.165) is 18.4 Å². The predicted molar refractivity (Wildman–Crippen MR) is 83.6 cm³/mol. The lowest BCUT2D eigenvalue weighted by atomic mass is 9.69. The molecular formula is C18H24O5. The molecule has 1 spiro atoms. The first-order valence-corrected chi connectivity index (χ1v) is 8.18. The Balaban J connectivity index is 1.72. The van der Waals surface area contributed by atoms with Crippen molar-refractivity contribution in [3.63, 3.8) is 0 Å². The van der Waals surface area contributed by atoms with Gasteiger partial charge in [0.25, 0.3) is 0 Å². The highest BCUT2D eigenvalue weighted by Gasteiger charge is 2.54. The summed E-state index contributed by atoms with van der Waals surface area (Å²) >= 11 is 0. The zero-order valence-corrected chi connectivity index (χ0v) is 13.9. The standard InChI is InChI=1S/C18H24O5/c1-11(4-7-14-17(2,3)23-14)8-15-18(10-16(21)22-15)9-12(19)5-6-13(18)20/h5-6,8,12,14-15,19H,4,7,9-10H2,1-3H3/t12-,14?,15-,18?/m1/s1. The second-order valence-electron chi connectivity index (χ2n) is 7.50. The van der Waals surface area contributed by atoms with E-state index >= 15 is 0 Å². The van der Waals surface area contributed by atoms with Crippen LogP contribution < -0.4 is 0 Å². The number of allylic oxidation sites excluding steroid dienone is 2. The van der Waals surface area contributed by atoms with E-state index in [1.54, 1.807) is 0 Å². The van der Waals surface area contributed by atoms with Crippen molar-refractivity contribution < 1.29 is 24.2 Å². The van der Waals surface area contributed by atoms with Gasteiger partial charge >= 0.3 is 5.97 Å². The Kier molecular flexibility index (Phi) is 3.97. The van der Waals surface area contributed by atoms with Crippen molar-refractivity contribution in [2.24, 2.45) is 5.41 Å². The number of hydrogen-bond acceptors (Lipinski definition) is 5. The molecule has 23 heavy (non-hydrogen) atoms. The third-order valence-electron chi connectivity index (χ3n) is 5.20. The molecule has 1 N–H and O–H groups in total. The van der Waals surface area contributed by atoms with Crippen molar-refractivity contribution >= 4 is 11.8 Å². The highest BCUT2D eigenvalue weighted by molar-refractivity contribution is 6.00. The maximum Gasteiger partial charge on any atom is 0.307 e. The minimum absolute atomic E-state index is 0.0322. The van der Waals surface area contributed by atoms with Gasteiger partial charge in [0.05, 0.1) is 29.6 Å². The molecule has 5 heteroatoms. The maximum absolute atomic E-state index is 12.4. The van der Waals surface area contributed by atoms with Crippen LogP contribution >= 0.6 is 0 Å². The molecule has 126 valence electrons. The van der Waals surface area contributed by atoms with E-state index in [1.807, 2.05) is 13.0 Å². The number of cyclic esters (lactones) is 1. The van der Waals surface area contributed by atoms with Crippen LogP contribution in [0.4, 0.5) is 0 Å². The van der Waals surface area contributed by atoms with Crippen molar-refractivity contribution in [2.75, 3.05) is 0 Å². The highest BCUT2D eigenvalue weighted by Crippen LogP contribution is 2.45. The molecule has 2 aliphatic heterocycles. The number of ketones is 1. The van der Waals surface area contributed by atoms with E-state index < -0.39 is 17.6 Å². The Morgan fingerprint density at radius 1 is 1.43 bits per heavy atom. The molecule has 0 aromatic carbocycles. The SMILES string of the molecule is CC(=C[C@H]1OC(=O)CC12C[C@H](O)C=CC2=O)CCC1OC1(C)C. The molecule has 0 saturated carbocycles. The van der Waals surface area contributed by atoms with Gasteiger partial charge in [-0.1, -0.05) is 11.6 Å². The maximum atomic E-state index is 12.4. The Bertz CT molecular complexity index is 588. The van der Waals surface area contributed by atoms with E-state index in [1.165, 1.54) is 12.2 Å². The van der Waals surface area contributed by atoms with Gasteiger partial charge in [-0.3, -0.25) is 9.59 Å². The molecule has 4 atom stereocenters. The largest absolute Gasteiger partial charge is 0.457 e. The van der Waals surface area contributed by atoms with Gasteiger partial charge in [-0.05, 0) is 52.2 Å². The van der Waals surface area contributed by atoms with Crippen LogP contribution in [0.25, 0.3) is 0 Å². The van der Waals surface area contributed by atoms with Crippen LogP contribution in [0.5, 0.6) is 0 Å². The summed E-state index contributed by atoms with van der Waals surface area (Å²) in [7, 11) is 0. The Morgan fingerprint density at radius 3 is 2.78 bits per heavy atom. The van der Waals surface area contributed by atoms with Crippen LogP contribution in [0.2, 0.25) is 0 Å². The zero-order chi connectivity index (χ0) is 16.8. The van der Waals surface area contributed by atoms with Gasteiger partial charge in [0.2, 0.25) is 0 Å². The van der Waals surface area contributed by atoms with Crippen LogP contribution in [0.3, 0.4) is 0 Å². The molecule has 0 bridgehead atoms. The number of rotatable bonds is 4. The lowest BCUT2D eigenvalue weighted by Crippen LogP contribution is -2.42. The predicted octanol–water partition coefficient (Wildman–Crippen LogP) is 2.08. The monoisotopic (exact) mass is 320 g/mol. The molecule has 2 heterocycles. The topological polar surface area (TPSA) is 76.1 Å². The fourth-order valence-corrected chi connectivity index (χ4v) is 3.61. The summed E-state index contributed by atoms with van der Waals surface area (Å²) in [6, 6.07) is 0. The van der Waals surface area contributed by atoms with Crippen LogP contribution in [-0.2, 0) is 19.1 Å². The molecular weight excluding hydrogens is 296 g/mol. The molecule has 5 nitrogen and oxygen atoms in total. The Morgan fingerprint density at radius 2 is 2.13 bits per heavy atom. The molecule has 3 rings (SSSR count). The zero-order valence-electron chi connectivity index (χ0n) is 13.9. The van der Waals surface area contributed by atoms with Gasteiger partial charge in [-0.25, -0.2) is 0 Å². The van der Waals surface area contributed by atoms with Crippen molar-refractivity contribution in [1.29, 1.82) is 0 Å². The van der Waals surface area contributed by atoms with E-state index in [2.05, 4.69) is 13.8 Å². The fraction of sp³-hybridized carbons (Fsp3) is 0.667. The van der Waals surface area contributed by atoms with Crippen LogP contribution in [-0.4, -0.2) is 40.8 Å². The van der Waals surface area contributed by atoms with Crippen molar-refractivity contribution in [3.05, 3.63) is 23.8 Å². The van der Waals surface area contributed by atoms with Crippen LogP contribution in [0.1, 0.15) is 46.5 Å². The minimum Gasteiger partial charge on any atom is -0.457 e. The normalized spacial score (nSPS) is 39.0. The number of aliphatic hydroxyl groups is 1. The summed E-state index contributed by atoms with van der Waals surface area (Å²) in [5, 5.41) is 9.89. The van der Waals surface area contributed by atoms with Crippen molar-refractivity contribution in [2.45, 2.75) is 70.4 Å². The first-order chi connectivity index (χ1) is 10.7. The van der Waals surface area contributed by atoms with Crippen molar-refractivity contribution in [3.8, 4) is 0 Å². The first-order valence-electron chi connectivity index (χ1n) is 8.18. The third-order valence-corrected chi connectivity index (χ3v) is 5.20. The van der Waals surface area contributed by atoms with Gasteiger partial charge in [0, 0.05) is 0 Å². The number of carbonyl (C=O) groups is 2. The molecule has 2 saturated heterocycles. The second kappa shape index (κ2) is 5.56. The second-order valence-corrected chi connectivity index (χ2v) is 7.50. The fourth-order valence-electron chi connectivity index (χ4n) is 3.61. The number of esters is 1. The van der Waals surface area contributed by atoms with Gasteiger partial charge in [-0.2, -0.15) is 0 Å². The average molecular weight is 320 g/mol.